The maximum atomic E-state index is 9.96. The van der Waals surface area contributed by atoms with Gasteiger partial charge in [0.2, 0.25) is 0 Å². The van der Waals surface area contributed by atoms with Crippen LogP contribution in [0.5, 0.6) is 0 Å². The van der Waals surface area contributed by atoms with E-state index < -0.39 is 21.7 Å². The molecule has 0 amide bonds. The highest BCUT2D eigenvalue weighted by molar-refractivity contribution is 8.25. The van der Waals surface area contributed by atoms with Gasteiger partial charge in [0, 0.05) is 15.5 Å². The Morgan fingerprint density at radius 2 is 2.33 bits per heavy atom. The molecule has 0 saturated heterocycles. The van der Waals surface area contributed by atoms with Crippen LogP contribution < -0.4 is 5.73 Å². The lowest BCUT2D eigenvalue weighted by Gasteiger charge is -2.01. The van der Waals surface area contributed by atoms with Crippen molar-refractivity contribution in [1.29, 1.82) is 0 Å². The van der Waals surface area contributed by atoms with Crippen molar-refractivity contribution in [2.45, 2.75) is 6.04 Å². The van der Waals surface area contributed by atoms with Crippen molar-refractivity contribution < 1.29 is 14.5 Å². The zero-order chi connectivity index (χ0) is 7.44. The number of carboxylic acids is 1. The quantitative estimate of drug-likeness (QED) is 0.502. The topological polar surface area (TPSA) is 83.5 Å². The molecular weight excluding hydrogens is 162 g/mol. The Hall–Kier alpha value is -0.0400. The summed E-state index contributed by atoms with van der Waals surface area (Å²) in [5, 5.41) is 8.15. The summed E-state index contributed by atoms with van der Waals surface area (Å²) in [6, 6.07) is -1.03. The summed E-state index contributed by atoms with van der Waals surface area (Å²) in [5.74, 6) is -1.18. The molecule has 0 bridgehead atoms. The molecule has 6 heteroatoms. The SMILES string of the molecule is NC(CS(O)=S)C(=O)O. The van der Waals surface area contributed by atoms with Gasteiger partial charge >= 0.3 is 5.97 Å². The van der Waals surface area contributed by atoms with Gasteiger partial charge in [0.1, 0.15) is 6.04 Å². The lowest BCUT2D eigenvalue weighted by molar-refractivity contribution is -0.137. The van der Waals surface area contributed by atoms with E-state index in [1.165, 1.54) is 0 Å². The molecule has 0 aromatic heterocycles. The van der Waals surface area contributed by atoms with Crippen LogP contribution in [0.2, 0.25) is 0 Å². The third kappa shape index (κ3) is 4.46. The molecule has 0 aliphatic carbocycles. The average Bonchev–Trinajstić information content (AvgIpc) is 1.63. The predicted molar refractivity (Wildman–Crippen MR) is 37.8 cm³/mol. The zero-order valence-corrected chi connectivity index (χ0v) is 6.11. The molecule has 0 radical (unpaired) electrons. The number of carboxylic acid groups (broad SMARTS) is 1. The van der Waals surface area contributed by atoms with E-state index in [-0.39, 0.29) is 5.75 Å². The minimum atomic E-state index is -1.29. The Bertz CT molecular complexity index is 137. The largest absolute Gasteiger partial charge is 0.480 e. The van der Waals surface area contributed by atoms with Gasteiger partial charge in [-0.3, -0.25) is 4.79 Å². The maximum Gasteiger partial charge on any atom is 0.321 e. The van der Waals surface area contributed by atoms with Crippen LogP contribution in [0.25, 0.3) is 0 Å². The second kappa shape index (κ2) is 3.89. The highest BCUT2D eigenvalue weighted by Crippen LogP contribution is 1.82. The van der Waals surface area contributed by atoms with Crippen molar-refractivity contribution in [2.75, 3.05) is 5.75 Å². The highest BCUT2D eigenvalue weighted by atomic mass is 32.8. The van der Waals surface area contributed by atoms with Gasteiger partial charge in [0.25, 0.3) is 0 Å². The van der Waals surface area contributed by atoms with Crippen LogP contribution in [-0.4, -0.2) is 27.4 Å². The third-order valence-electron chi connectivity index (χ3n) is 0.639. The van der Waals surface area contributed by atoms with Crippen molar-refractivity contribution in [3.8, 4) is 0 Å². The zero-order valence-electron chi connectivity index (χ0n) is 4.48. The van der Waals surface area contributed by atoms with E-state index in [0.717, 1.165) is 0 Å². The first-order valence-electron chi connectivity index (χ1n) is 2.10. The van der Waals surface area contributed by atoms with Gasteiger partial charge in [0.05, 0.1) is 0 Å². The van der Waals surface area contributed by atoms with E-state index in [9.17, 15) is 4.79 Å². The molecule has 0 saturated carbocycles. The minimum absolute atomic E-state index is 0.0509. The molecule has 4 nitrogen and oxygen atoms in total. The number of hydrogen-bond donors (Lipinski definition) is 3. The Morgan fingerprint density at radius 1 is 1.89 bits per heavy atom. The first-order valence-corrected chi connectivity index (χ1v) is 4.37. The Balaban J connectivity index is 3.63. The highest BCUT2D eigenvalue weighted by Gasteiger charge is 2.11. The lowest BCUT2D eigenvalue weighted by Crippen LogP contribution is -2.35. The molecule has 54 valence electrons. The minimum Gasteiger partial charge on any atom is -0.480 e. The molecule has 0 aromatic carbocycles. The molecular formula is C3H7NO3S2. The van der Waals surface area contributed by atoms with Crippen molar-refractivity contribution in [3.63, 3.8) is 0 Å². The maximum absolute atomic E-state index is 9.96. The third-order valence-corrected chi connectivity index (χ3v) is 1.69. The molecule has 0 rings (SSSR count). The van der Waals surface area contributed by atoms with Gasteiger partial charge in [-0.15, -0.1) is 0 Å². The number of aliphatic carboxylic acids is 1. The van der Waals surface area contributed by atoms with Gasteiger partial charge in [0.15, 0.2) is 0 Å². The Kier molecular flexibility index (Phi) is 3.87. The van der Waals surface area contributed by atoms with Crippen LogP contribution in [0.15, 0.2) is 0 Å². The van der Waals surface area contributed by atoms with Crippen molar-refractivity contribution >= 4 is 26.9 Å². The van der Waals surface area contributed by atoms with Crippen LogP contribution >= 0.6 is 0 Å². The summed E-state index contributed by atoms with van der Waals surface area (Å²) in [4.78, 5) is 9.96. The first-order chi connectivity index (χ1) is 4.04. The van der Waals surface area contributed by atoms with Gasteiger partial charge in [-0.25, -0.2) is 0 Å². The van der Waals surface area contributed by atoms with Crippen LogP contribution in [-0.2, 0) is 25.7 Å². The van der Waals surface area contributed by atoms with E-state index >= 15 is 0 Å². The van der Waals surface area contributed by atoms with Crippen LogP contribution in [0.1, 0.15) is 0 Å². The monoisotopic (exact) mass is 169 g/mol. The molecule has 0 aliphatic heterocycles. The normalized spacial score (nSPS) is 16.7. The summed E-state index contributed by atoms with van der Waals surface area (Å²) >= 11 is 4.31. The van der Waals surface area contributed by atoms with Gasteiger partial charge in [-0.1, -0.05) is 0 Å². The molecule has 4 N–H and O–H groups in total. The van der Waals surface area contributed by atoms with Crippen molar-refractivity contribution in [2.24, 2.45) is 5.73 Å². The molecule has 0 fully saturated rings. The standard InChI is InChI=1S/C3H7NO3S2/c4-2(3(5)6)1-9(7)8/h2H,1,4H2,(H,5,6)(H,7,8). The molecule has 2 atom stereocenters. The van der Waals surface area contributed by atoms with Gasteiger partial charge in [-0.2, -0.15) is 0 Å². The summed E-state index contributed by atoms with van der Waals surface area (Å²) < 4.78 is 8.47. The van der Waals surface area contributed by atoms with E-state index in [2.05, 4.69) is 11.2 Å². The van der Waals surface area contributed by atoms with Crippen LogP contribution in [0.4, 0.5) is 0 Å². The molecule has 0 aliphatic rings. The van der Waals surface area contributed by atoms with E-state index in [0.29, 0.717) is 0 Å². The molecule has 0 aromatic rings. The van der Waals surface area contributed by atoms with Crippen molar-refractivity contribution in [3.05, 3.63) is 0 Å². The fourth-order valence-electron chi connectivity index (χ4n) is 0.225. The predicted octanol–water partition coefficient (Wildman–Crippen LogP) is -1.05. The summed E-state index contributed by atoms with van der Waals surface area (Å²) in [6.07, 6.45) is 0. The second-order valence-corrected chi connectivity index (χ2v) is 3.56. The number of rotatable bonds is 3. The summed E-state index contributed by atoms with van der Waals surface area (Å²) in [5.41, 5.74) is 5.00. The van der Waals surface area contributed by atoms with E-state index in [1.54, 1.807) is 0 Å². The number of nitrogens with two attached hydrogens (primary N) is 1. The lowest BCUT2D eigenvalue weighted by atomic mass is 10.4. The smallest absolute Gasteiger partial charge is 0.321 e. The van der Waals surface area contributed by atoms with E-state index in [4.69, 9.17) is 15.4 Å². The van der Waals surface area contributed by atoms with Gasteiger partial charge in [-0.05, 0) is 11.2 Å². The average molecular weight is 169 g/mol. The Labute approximate surface area is 59.5 Å². The van der Waals surface area contributed by atoms with Crippen LogP contribution in [0.3, 0.4) is 0 Å². The summed E-state index contributed by atoms with van der Waals surface area (Å²) in [7, 11) is -1.29. The van der Waals surface area contributed by atoms with E-state index in [1.807, 2.05) is 0 Å². The molecule has 2 unspecified atom stereocenters. The number of carbonyl (C=O) groups is 1. The fourth-order valence-corrected chi connectivity index (χ4v) is 1.11. The first kappa shape index (κ1) is 8.96. The number of hydrogen-bond acceptors (Lipinski definition) is 3. The molecule has 0 spiro atoms. The molecule has 0 heterocycles. The molecule has 9 heavy (non-hydrogen) atoms. The Morgan fingerprint density at radius 3 is 2.44 bits per heavy atom. The summed E-state index contributed by atoms with van der Waals surface area (Å²) in [6.45, 7) is 0. The fraction of sp³-hybridized carbons (Fsp3) is 0.667. The van der Waals surface area contributed by atoms with Gasteiger partial charge < -0.3 is 15.4 Å². The van der Waals surface area contributed by atoms with Crippen molar-refractivity contribution in [1.82, 2.24) is 0 Å². The van der Waals surface area contributed by atoms with Crippen LogP contribution in [0, 0.1) is 0 Å². The second-order valence-electron chi connectivity index (χ2n) is 1.43.